The van der Waals surface area contributed by atoms with Gasteiger partial charge in [0.25, 0.3) is 0 Å². The van der Waals surface area contributed by atoms with E-state index in [1.165, 1.54) is 7.85 Å². The summed E-state index contributed by atoms with van der Waals surface area (Å²) in [5.74, 6) is 1.75. The van der Waals surface area contributed by atoms with Gasteiger partial charge in [0.2, 0.25) is 7.85 Å². The van der Waals surface area contributed by atoms with Gasteiger partial charge in [0.1, 0.15) is 0 Å². The van der Waals surface area contributed by atoms with Gasteiger partial charge in [-0.15, -0.1) is 0 Å². The number of nitrogens with zero attached hydrogens (tertiary/aromatic N) is 1. The molecule has 0 fully saturated rings. The van der Waals surface area contributed by atoms with Crippen LogP contribution < -0.4 is 0 Å². The van der Waals surface area contributed by atoms with Crippen LogP contribution in [-0.4, -0.2) is 29.2 Å². The molecule has 4 nitrogen and oxygen atoms in total. The van der Waals surface area contributed by atoms with Gasteiger partial charge < -0.3 is 0 Å². The van der Waals surface area contributed by atoms with Crippen molar-refractivity contribution in [1.29, 1.82) is 5.26 Å². The van der Waals surface area contributed by atoms with E-state index in [1.54, 1.807) is 5.97 Å². The van der Waals surface area contributed by atoms with E-state index >= 15 is 0 Å². The Hall–Kier alpha value is -0.135. The molecule has 0 aromatic rings. The molecule has 0 atom stereocenters. The van der Waals surface area contributed by atoms with Crippen LogP contribution in [0.2, 0.25) is 0 Å². The molecule has 0 bridgehead atoms. The van der Waals surface area contributed by atoms with Crippen LogP contribution in [-0.2, 0) is 0 Å². The monoisotopic (exact) mass is 137 g/mol. The van der Waals surface area contributed by atoms with Crippen LogP contribution >= 0.6 is 7.94 Å². The average Bonchev–Trinajstić information content (AvgIpc) is 1.27. The molecule has 8 heavy (non-hydrogen) atoms. The molecule has 6 heteroatoms. The average molecular weight is 137 g/mol. The number of hydrogen-bond donors (Lipinski definition) is 3. The Labute approximate surface area is 49.4 Å². The van der Waals surface area contributed by atoms with E-state index in [2.05, 4.69) is 0 Å². The van der Waals surface area contributed by atoms with Crippen LogP contribution in [0.4, 0.5) is 0 Å². The van der Waals surface area contributed by atoms with E-state index < -0.39 is 7.94 Å². The summed E-state index contributed by atoms with van der Waals surface area (Å²) in [5.41, 5.74) is 0. The first-order chi connectivity index (χ1) is 3.41. The third-order valence-electron chi connectivity index (χ3n) is 0. The van der Waals surface area contributed by atoms with E-state index in [1.807, 2.05) is 0 Å². The first-order valence-corrected chi connectivity index (χ1v) is 4.24. The van der Waals surface area contributed by atoms with Crippen molar-refractivity contribution in [2.75, 3.05) is 6.66 Å². The van der Waals surface area contributed by atoms with Gasteiger partial charge in [-0.05, 0) is 5.97 Å². The van der Waals surface area contributed by atoms with Crippen LogP contribution in [0.3, 0.4) is 0 Å². The van der Waals surface area contributed by atoms with E-state index in [0.717, 1.165) is 6.66 Å². The predicted octanol–water partition coefficient (Wildman–Crippen LogP) is -1.81. The zero-order chi connectivity index (χ0) is 7.21. The zero-order valence-corrected chi connectivity index (χ0v) is 5.79. The fraction of sp³-hybridized carbons (Fsp3) is 0.500. The summed E-state index contributed by atoms with van der Waals surface area (Å²) in [6, 6.07) is 0. The van der Waals surface area contributed by atoms with E-state index in [0.29, 0.717) is 0 Å². The number of hydrogen-bond acceptors (Lipinski definition) is 4. The van der Waals surface area contributed by atoms with E-state index in [4.69, 9.17) is 19.9 Å². The molecular weight excluding hydrogens is 128 g/mol. The zero-order valence-electron chi connectivity index (χ0n) is 4.79. The molecule has 0 aliphatic rings. The van der Waals surface area contributed by atoms with Crippen molar-refractivity contribution in [3.05, 3.63) is 0 Å². The number of rotatable bonds is 0. The van der Waals surface area contributed by atoms with Crippen molar-refractivity contribution in [1.82, 2.24) is 0 Å². The first-order valence-electron chi connectivity index (χ1n) is 1.89. The SMILES string of the molecule is BC#N.C[PH](O)(O)O. The van der Waals surface area contributed by atoms with Crippen LogP contribution in [0.1, 0.15) is 0 Å². The van der Waals surface area contributed by atoms with Gasteiger partial charge in [0.05, 0.1) is 0 Å². The molecule has 48 valence electrons. The molecule has 0 aliphatic heterocycles. The van der Waals surface area contributed by atoms with Crippen LogP contribution in [0.25, 0.3) is 0 Å². The molecule has 0 unspecified atom stereocenters. The molecule has 0 aromatic carbocycles. The van der Waals surface area contributed by atoms with Crippen molar-refractivity contribution in [3.63, 3.8) is 0 Å². The molecule has 0 heterocycles. The molecule has 0 aromatic heterocycles. The van der Waals surface area contributed by atoms with Crippen molar-refractivity contribution in [2.45, 2.75) is 0 Å². The molecule has 0 aliphatic carbocycles. The first kappa shape index (κ1) is 10.8. The Kier molecular flexibility index (Phi) is 6.75. The summed E-state index contributed by atoms with van der Waals surface area (Å²) in [6.07, 6.45) is 0. The molecule has 0 saturated carbocycles. The summed E-state index contributed by atoms with van der Waals surface area (Å²) in [6.45, 7) is 0.993. The van der Waals surface area contributed by atoms with Gasteiger partial charge in [0, 0.05) is 0 Å². The minimum atomic E-state index is -3.61. The van der Waals surface area contributed by atoms with Gasteiger partial charge in [-0.25, -0.2) is 5.26 Å². The summed E-state index contributed by atoms with van der Waals surface area (Å²) >= 11 is 0. The second kappa shape index (κ2) is 5.01. The third kappa shape index (κ3) is 7610. The van der Waals surface area contributed by atoms with Gasteiger partial charge in [-0.2, -0.15) is 0 Å². The Morgan fingerprint density at radius 2 is 1.50 bits per heavy atom. The van der Waals surface area contributed by atoms with Crippen LogP contribution in [0.15, 0.2) is 0 Å². The van der Waals surface area contributed by atoms with Crippen molar-refractivity contribution in [3.8, 4) is 5.97 Å². The normalized spacial score (nSPS) is 10.4. The quantitative estimate of drug-likeness (QED) is 0.271. The second-order valence-electron chi connectivity index (χ2n) is 1.19. The maximum atomic E-state index is 7.77. The summed E-state index contributed by atoms with van der Waals surface area (Å²) < 4.78 is 0. The molecule has 0 rings (SSSR count). The summed E-state index contributed by atoms with van der Waals surface area (Å²) in [7, 11) is -2.18. The topological polar surface area (TPSA) is 84.5 Å². The Balaban J connectivity index is 0. The van der Waals surface area contributed by atoms with E-state index in [9.17, 15) is 0 Å². The summed E-state index contributed by atoms with van der Waals surface area (Å²) in [4.78, 5) is 23.3. The molecule has 0 amide bonds. The van der Waals surface area contributed by atoms with Gasteiger partial charge in [0.15, 0.2) is 0 Å². The van der Waals surface area contributed by atoms with E-state index in [-0.39, 0.29) is 0 Å². The van der Waals surface area contributed by atoms with Crippen molar-refractivity contribution < 1.29 is 14.7 Å². The predicted molar refractivity (Wildman–Crippen MR) is 35.1 cm³/mol. The Morgan fingerprint density at radius 1 is 1.50 bits per heavy atom. The molecule has 3 N–H and O–H groups in total. The van der Waals surface area contributed by atoms with Gasteiger partial charge in [-0.1, -0.05) is 0 Å². The Bertz CT molecular complexity index is 78.3. The molecular formula is C2H9BNO3P. The molecule has 0 spiro atoms. The standard InChI is InChI=1S/CH2BN.CH7O3P/c2-1-3;1-5(2,3)4/h2H2;2-5H,1H3. The molecule has 0 radical (unpaired) electrons. The minimum absolute atomic E-state index is 0.993. The van der Waals surface area contributed by atoms with Gasteiger partial charge >= 0.3 is 29.3 Å². The maximum absolute atomic E-state index is 7.77. The summed E-state index contributed by atoms with van der Waals surface area (Å²) in [5, 5.41) is 7.32. The fourth-order valence-electron chi connectivity index (χ4n) is 0. The molecule has 0 saturated heterocycles. The van der Waals surface area contributed by atoms with Crippen molar-refractivity contribution >= 4 is 15.8 Å². The van der Waals surface area contributed by atoms with Crippen molar-refractivity contribution in [2.24, 2.45) is 0 Å². The third-order valence-corrected chi connectivity index (χ3v) is 0. The number of nitriles is 1. The van der Waals surface area contributed by atoms with Crippen LogP contribution in [0, 0.1) is 11.2 Å². The van der Waals surface area contributed by atoms with Gasteiger partial charge in [-0.3, -0.25) is 0 Å². The van der Waals surface area contributed by atoms with Crippen LogP contribution in [0.5, 0.6) is 0 Å². The second-order valence-corrected chi connectivity index (χ2v) is 3.14. The fourth-order valence-corrected chi connectivity index (χ4v) is 0. The Morgan fingerprint density at radius 3 is 1.50 bits per heavy atom.